The molecular formula is C17H22N4O2. The van der Waals surface area contributed by atoms with Crippen LogP contribution in [0.4, 0.5) is 0 Å². The molecule has 0 aromatic carbocycles. The Labute approximate surface area is 135 Å². The molecule has 2 fully saturated rings. The Morgan fingerprint density at radius 3 is 2.83 bits per heavy atom. The van der Waals surface area contributed by atoms with Gasteiger partial charge >= 0.3 is 0 Å². The van der Waals surface area contributed by atoms with Gasteiger partial charge in [0, 0.05) is 19.3 Å². The normalized spacial score (nSPS) is 20.0. The number of rotatable bonds is 1. The summed E-state index contributed by atoms with van der Waals surface area (Å²) in [5.74, 6) is 0.0969. The van der Waals surface area contributed by atoms with E-state index in [0.29, 0.717) is 19.8 Å². The zero-order chi connectivity index (χ0) is 16.2. The van der Waals surface area contributed by atoms with Gasteiger partial charge in [-0.25, -0.2) is 4.98 Å². The molecule has 0 unspecified atom stereocenters. The second-order valence-corrected chi connectivity index (χ2v) is 6.81. The van der Waals surface area contributed by atoms with Gasteiger partial charge in [-0.05, 0) is 39.2 Å². The number of carbonyl (C=O) groups excluding carboxylic acids is 1. The van der Waals surface area contributed by atoms with Crippen molar-refractivity contribution >= 4 is 16.9 Å². The van der Waals surface area contributed by atoms with Crippen LogP contribution in [-0.2, 0) is 11.8 Å². The number of hydrogen-bond donors (Lipinski definition) is 0. The van der Waals surface area contributed by atoms with Gasteiger partial charge in [0.05, 0.1) is 35.4 Å². The summed E-state index contributed by atoms with van der Waals surface area (Å²) < 4.78 is 7.42. The summed E-state index contributed by atoms with van der Waals surface area (Å²) in [4.78, 5) is 19.9. The molecule has 2 aromatic heterocycles. The van der Waals surface area contributed by atoms with Gasteiger partial charge in [0.25, 0.3) is 5.91 Å². The van der Waals surface area contributed by atoms with E-state index < -0.39 is 0 Å². The molecule has 0 atom stereocenters. The number of ether oxygens (including phenoxy) is 1. The molecule has 1 spiro atoms. The molecule has 0 N–H and O–H groups in total. The molecule has 1 saturated heterocycles. The number of morpholine rings is 1. The number of aromatic nitrogens is 3. The summed E-state index contributed by atoms with van der Waals surface area (Å²) in [6, 6.07) is 1.90. The van der Waals surface area contributed by atoms with E-state index in [2.05, 4.69) is 10.1 Å². The first kappa shape index (κ1) is 14.6. The molecule has 1 aliphatic carbocycles. The van der Waals surface area contributed by atoms with E-state index in [1.165, 1.54) is 6.42 Å². The first-order valence-electron chi connectivity index (χ1n) is 8.22. The fraction of sp³-hybridized carbons (Fsp3) is 0.588. The van der Waals surface area contributed by atoms with Crippen molar-refractivity contribution in [3.05, 3.63) is 23.0 Å². The molecule has 3 heterocycles. The fourth-order valence-corrected chi connectivity index (χ4v) is 3.93. The Kier molecular flexibility index (Phi) is 3.20. The molecule has 1 saturated carbocycles. The number of pyridine rings is 1. The van der Waals surface area contributed by atoms with Gasteiger partial charge in [0.1, 0.15) is 0 Å². The highest BCUT2D eigenvalue weighted by Gasteiger charge is 2.47. The van der Waals surface area contributed by atoms with Crippen molar-refractivity contribution < 1.29 is 9.53 Å². The van der Waals surface area contributed by atoms with Gasteiger partial charge in [-0.15, -0.1) is 0 Å². The summed E-state index contributed by atoms with van der Waals surface area (Å²) in [7, 11) is 1.87. The summed E-state index contributed by atoms with van der Waals surface area (Å²) in [6.07, 6.45) is 3.25. The molecule has 4 rings (SSSR count). The average molecular weight is 314 g/mol. The molecule has 6 nitrogen and oxygen atoms in total. The van der Waals surface area contributed by atoms with Crippen molar-refractivity contribution in [2.45, 2.75) is 38.6 Å². The number of carbonyl (C=O) groups is 1. The molecule has 2 aromatic rings. The van der Waals surface area contributed by atoms with Crippen LogP contribution in [0.5, 0.6) is 0 Å². The van der Waals surface area contributed by atoms with Crippen molar-refractivity contribution in [1.29, 1.82) is 0 Å². The highest BCUT2D eigenvalue weighted by Crippen LogP contribution is 2.41. The van der Waals surface area contributed by atoms with E-state index in [1.807, 2.05) is 31.9 Å². The van der Waals surface area contributed by atoms with Crippen LogP contribution in [0.1, 0.15) is 41.0 Å². The fourth-order valence-electron chi connectivity index (χ4n) is 3.93. The van der Waals surface area contributed by atoms with Gasteiger partial charge in [0.2, 0.25) is 0 Å². The summed E-state index contributed by atoms with van der Waals surface area (Å²) in [6.45, 7) is 5.82. The van der Waals surface area contributed by atoms with Crippen LogP contribution in [0.25, 0.3) is 11.0 Å². The Hall–Kier alpha value is -1.95. The second kappa shape index (κ2) is 5.03. The number of aryl methyl sites for hydroxylation is 3. The minimum absolute atomic E-state index is 0.0883. The molecule has 122 valence electrons. The van der Waals surface area contributed by atoms with Crippen molar-refractivity contribution in [2.24, 2.45) is 7.05 Å². The Bertz CT molecular complexity index is 791. The second-order valence-electron chi connectivity index (χ2n) is 6.81. The lowest BCUT2D eigenvalue weighted by atomic mass is 9.75. The van der Waals surface area contributed by atoms with Crippen LogP contribution >= 0.6 is 0 Å². The maximum Gasteiger partial charge on any atom is 0.255 e. The monoisotopic (exact) mass is 314 g/mol. The van der Waals surface area contributed by atoms with E-state index in [1.54, 1.807) is 4.68 Å². The predicted octanol–water partition coefficient (Wildman–Crippen LogP) is 1.98. The third kappa shape index (κ3) is 2.08. The lowest BCUT2D eigenvalue weighted by Crippen LogP contribution is -2.62. The first-order valence-corrected chi connectivity index (χ1v) is 8.22. The highest BCUT2D eigenvalue weighted by atomic mass is 16.5. The smallest absolute Gasteiger partial charge is 0.255 e. The molecular weight excluding hydrogens is 292 g/mol. The zero-order valence-corrected chi connectivity index (χ0v) is 13.9. The predicted molar refractivity (Wildman–Crippen MR) is 86.4 cm³/mol. The lowest BCUT2D eigenvalue weighted by Gasteiger charge is -2.52. The lowest BCUT2D eigenvalue weighted by molar-refractivity contribution is -0.0876. The van der Waals surface area contributed by atoms with Crippen LogP contribution in [0.2, 0.25) is 0 Å². The van der Waals surface area contributed by atoms with E-state index in [9.17, 15) is 4.79 Å². The average Bonchev–Trinajstić information content (AvgIpc) is 2.78. The van der Waals surface area contributed by atoms with Gasteiger partial charge < -0.3 is 9.64 Å². The maximum absolute atomic E-state index is 13.3. The number of hydrogen-bond acceptors (Lipinski definition) is 4. The van der Waals surface area contributed by atoms with Crippen molar-refractivity contribution in [3.8, 4) is 0 Å². The van der Waals surface area contributed by atoms with Crippen LogP contribution < -0.4 is 0 Å². The zero-order valence-electron chi connectivity index (χ0n) is 13.9. The first-order chi connectivity index (χ1) is 11.0. The van der Waals surface area contributed by atoms with E-state index in [4.69, 9.17) is 4.74 Å². The van der Waals surface area contributed by atoms with Gasteiger partial charge in [-0.2, -0.15) is 5.10 Å². The van der Waals surface area contributed by atoms with E-state index in [-0.39, 0.29) is 11.4 Å². The highest BCUT2D eigenvalue weighted by molar-refractivity contribution is 6.07. The quantitative estimate of drug-likeness (QED) is 0.807. The number of nitrogens with zero attached hydrogens (tertiary/aromatic N) is 4. The van der Waals surface area contributed by atoms with Crippen LogP contribution in [0, 0.1) is 13.8 Å². The Balaban J connectivity index is 1.83. The molecule has 23 heavy (non-hydrogen) atoms. The molecule has 1 aliphatic heterocycles. The van der Waals surface area contributed by atoms with Crippen molar-refractivity contribution in [2.75, 3.05) is 19.8 Å². The van der Waals surface area contributed by atoms with Crippen LogP contribution in [0.15, 0.2) is 6.07 Å². The van der Waals surface area contributed by atoms with Gasteiger partial charge in [-0.3, -0.25) is 9.48 Å². The standard InChI is InChI=1S/C17H22N4O2/c1-11-9-13(14-12(2)19-20(3)15(14)18-11)16(22)21-7-8-23-10-17(21)5-4-6-17/h9H,4-8,10H2,1-3H3. The number of fused-ring (bicyclic) bond motifs is 1. The Morgan fingerprint density at radius 2 is 2.13 bits per heavy atom. The largest absolute Gasteiger partial charge is 0.377 e. The molecule has 0 radical (unpaired) electrons. The van der Waals surface area contributed by atoms with Gasteiger partial charge in [0.15, 0.2) is 5.65 Å². The summed E-state index contributed by atoms with van der Waals surface area (Å²) in [5, 5.41) is 5.33. The SMILES string of the molecule is Cc1cc(C(=O)N2CCOCC23CCC3)c2c(C)nn(C)c2n1. The molecule has 2 aliphatic rings. The minimum atomic E-state index is -0.0883. The van der Waals surface area contributed by atoms with Gasteiger partial charge in [-0.1, -0.05) is 0 Å². The maximum atomic E-state index is 13.3. The topological polar surface area (TPSA) is 60.3 Å². The summed E-state index contributed by atoms with van der Waals surface area (Å²) >= 11 is 0. The summed E-state index contributed by atoms with van der Waals surface area (Å²) in [5.41, 5.74) is 3.12. The van der Waals surface area contributed by atoms with Crippen molar-refractivity contribution in [1.82, 2.24) is 19.7 Å². The molecule has 6 heteroatoms. The van der Waals surface area contributed by atoms with Crippen molar-refractivity contribution in [3.63, 3.8) is 0 Å². The van der Waals surface area contributed by atoms with Crippen LogP contribution in [-0.4, -0.2) is 50.9 Å². The Morgan fingerprint density at radius 1 is 1.35 bits per heavy atom. The number of amides is 1. The molecule has 1 amide bonds. The van der Waals surface area contributed by atoms with E-state index >= 15 is 0 Å². The third-order valence-electron chi connectivity index (χ3n) is 5.26. The van der Waals surface area contributed by atoms with E-state index in [0.717, 1.165) is 40.8 Å². The third-order valence-corrected chi connectivity index (χ3v) is 5.26. The minimum Gasteiger partial charge on any atom is -0.377 e. The van der Waals surface area contributed by atoms with Crippen LogP contribution in [0.3, 0.4) is 0 Å². The molecule has 0 bridgehead atoms.